The molecule has 106 valence electrons. The number of carbonyl (C=O) groups excluding carboxylic acids is 1. The molecule has 1 aliphatic carbocycles. The highest BCUT2D eigenvalue weighted by Gasteiger charge is 2.48. The number of rotatable bonds is 3. The first-order valence-electron chi connectivity index (χ1n) is 7.48. The number of amides is 1. The van der Waals surface area contributed by atoms with Gasteiger partial charge in [-0.1, -0.05) is 25.1 Å². The lowest BCUT2D eigenvalue weighted by Gasteiger charge is -2.41. The van der Waals surface area contributed by atoms with Crippen molar-refractivity contribution in [3.63, 3.8) is 0 Å². The van der Waals surface area contributed by atoms with Crippen LogP contribution >= 0.6 is 12.2 Å². The van der Waals surface area contributed by atoms with E-state index in [4.69, 9.17) is 18.0 Å². The van der Waals surface area contributed by atoms with Crippen molar-refractivity contribution in [2.75, 3.05) is 13.1 Å². The number of nitrogens with one attached hydrogen (secondary N) is 1. The van der Waals surface area contributed by atoms with Crippen LogP contribution in [0, 0.1) is 5.41 Å². The van der Waals surface area contributed by atoms with Crippen molar-refractivity contribution in [2.24, 2.45) is 11.1 Å². The van der Waals surface area contributed by atoms with Gasteiger partial charge in [0.05, 0.1) is 10.4 Å². The van der Waals surface area contributed by atoms with Gasteiger partial charge < -0.3 is 11.1 Å². The standard InChI is InChI=1S/C14H23N3OS/c15-12(19)14(6-3-7-14)13(18)16-10-5-9-17-8-2-1-4-11(10)17/h10-11H,1-9H2,(H2,15,19)(H,16,18). The highest BCUT2D eigenvalue weighted by molar-refractivity contribution is 7.80. The second-order valence-electron chi connectivity index (χ2n) is 6.27. The van der Waals surface area contributed by atoms with E-state index in [1.807, 2.05) is 0 Å². The van der Waals surface area contributed by atoms with Crippen LogP contribution in [-0.2, 0) is 4.79 Å². The molecule has 5 heteroatoms. The molecule has 0 bridgehead atoms. The largest absolute Gasteiger partial charge is 0.392 e. The van der Waals surface area contributed by atoms with E-state index in [2.05, 4.69) is 10.2 Å². The number of thiocarbonyl (C=S) groups is 1. The second kappa shape index (κ2) is 5.02. The van der Waals surface area contributed by atoms with Crippen LogP contribution in [0.3, 0.4) is 0 Å². The summed E-state index contributed by atoms with van der Waals surface area (Å²) in [7, 11) is 0. The van der Waals surface area contributed by atoms with Crippen LogP contribution < -0.4 is 11.1 Å². The molecule has 3 fully saturated rings. The monoisotopic (exact) mass is 281 g/mol. The van der Waals surface area contributed by atoms with Gasteiger partial charge in [0.2, 0.25) is 5.91 Å². The number of piperidine rings is 1. The van der Waals surface area contributed by atoms with Crippen LogP contribution in [0.15, 0.2) is 0 Å². The molecule has 2 unspecified atom stereocenters. The van der Waals surface area contributed by atoms with Crippen LogP contribution in [0.2, 0.25) is 0 Å². The van der Waals surface area contributed by atoms with E-state index in [1.165, 1.54) is 25.8 Å². The van der Waals surface area contributed by atoms with Crippen molar-refractivity contribution in [1.29, 1.82) is 0 Å². The number of carbonyl (C=O) groups is 1. The maximum Gasteiger partial charge on any atom is 0.233 e. The minimum absolute atomic E-state index is 0.0867. The minimum Gasteiger partial charge on any atom is -0.392 e. The Hall–Kier alpha value is -0.680. The summed E-state index contributed by atoms with van der Waals surface area (Å²) in [6, 6.07) is 0.848. The molecular weight excluding hydrogens is 258 g/mol. The molecule has 2 aliphatic heterocycles. The Morgan fingerprint density at radius 2 is 2.00 bits per heavy atom. The first-order valence-corrected chi connectivity index (χ1v) is 7.89. The molecule has 3 rings (SSSR count). The normalized spacial score (nSPS) is 33.3. The van der Waals surface area contributed by atoms with Gasteiger partial charge in [0, 0.05) is 18.6 Å². The van der Waals surface area contributed by atoms with Gasteiger partial charge >= 0.3 is 0 Å². The average molecular weight is 281 g/mol. The first-order chi connectivity index (χ1) is 9.13. The maximum absolute atomic E-state index is 12.5. The molecule has 0 radical (unpaired) electrons. The molecule has 3 aliphatic rings. The fourth-order valence-corrected chi connectivity index (χ4v) is 4.13. The molecule has 0 aromatic rings. The summed E-state index contributed by atoms with van der Waals surface area (Å²) in [5.74, 6) is 0.0867. The molecule has 3 N–H and O–H groups in total. The Kier molecular flexibility index (Phi) is 3.52. The van der Waals surface area contributed by atoms with Crippen molar-refractivity contribution in [2.45, 2.75) is 57.0 Å². The van der Waals surface area contributed by atoms with Gasteiger partial charge in [-0.05, 0) is 38.6 Å². The van der Waals surface area contributed by atoms with Crippen LogP contribution in [0.4, 0.5) is 0 Å². The fourth-order valence-electron chi connectivity index (χ4n) is 3.84. The van der Waals surface area contributed by atoms with Gasteiger partial charge in [0.25, 0.3) is 0 Å². The molecule has 0 spiro atoms. The van der Waals surface area contributed by atoms with Crippen molar-refractivity contribution in [3.8, 4) is 0 Å². The molecular formula is C14H23N3OS. The lowest BCUT2D eigenvalue weighted by atomic mass is 9.68. The summed E-state index contributed by atoms with van der Waals surface area (Å²) < 4.78 is 0. The summed E-state index contributed by atoms with van der Waals surface area (Å²) in [6.07, 6.45) is 7.59. The molecule has 0 aromatic carbocycles. The maximum atomic E-state index is 12.5. The smallest absolute Gasteiger partial charge is 0.233 e. The summed E-state index contributed by atoms with van der Waals surface area (Å²) in [4.78, 5) is 15.4. The van der Waals surface area contributed by atoms with Crippen molar-refractivity contribution in [3.05, 3.63) is 0 Å². The van der Waals surface area contributed by atoms with E-state index in [-0.39, 0.29) is 5.91 Å². The average Bonchev–Trinajstić information content (AvgIpc) is 2.71. The summed E-state index contributed by atoms with van der Waals surface area (Å²) in [5, 5.41) is 3.25. The predicted molar refractivity (Wildman–Crippen MR) is 78.8 cm³/mol. The zero-order chi connectivity index (χ0) is 13.5. The number of nitrogens with two attached hydrogens (primary N) is 1. The van der Waals surface area contributed by atoms with E-state index in [0.717, 1.165) is 32.2 Å². The first kappa shape index (κ1) is 13.3. The zero-order valence-electron chi connectivity index (χ0n) is 11.4. The number of hydrogen-bond donors (Lipinski definition) is 2. The van der Waals surface area contributed by atoms with Crippen LogP contribution in [0.1, 0.15) is 44.9 Å². The van der Waals surface area contributed by atoms with Gasteiger partial charge in [-0.2, -0.15) is 0 Å². The fraction of sp³-hybridized carbons (Fsp3) is 0.857. The predicted octanol–water partition coefficient (Wildman–Crippen LogP) is 1.19. The van der Waals surface area contributed by atoms with Gasteiger partial charge in [0.15, 0.2) is 0 Å². The third-order valence-corrected chi connectivity index (χ3v) is 5.68. The third kappa shape index (κ3) is 2.17. The Bertz CT molecular complexity index is 394. The highest BCUT2D eigenvalue weighted by atomic mass is 32.1. The van der Waals surface area contributed by atoms with Crippen LogP contribution in [-0.4, -0.2) is 41.0 Å². The minimum atomic E-state index is -0.530. The molecule has 1 amide bonds. The third-order valence-electron chi connectivity index (χ3n) is 5.29. The number of nitrogens with zero attached hydrogens (tertiary/aromatic N) is 1. The second-order valence-corrected chi connectivity index (χ2v) is 6.71. The molecule has 2 saturated heterocycles. The van der Waals surface area contributed by atoms with E-state index >= 15 is 0 Å². The molecule has 0 aromatic heterocycles. The van der Waals surface area contributed by atoms with Gasteiger partial charge in [0.1, 0.15) is 0 Å². The molecule has 2 atom stereocenters. The Morgan fingerprint density at radius 1 is 1.21 bits per heavy atom. The SMILES string of the molecule is NC(=S)C1(C(=O)NC2CCN3CCCCC23)CCC1. The highest BCUT2D eigenvalue weighted by Crippen LogP contribution is 2.42. The molecule has 4 nitrogen and oxygen atoms in total. The Labute approximate surface area is 120 Å². The van der Waals surface area contributed by atoms with Crippen molar-refractivity contribution in [1.82, 2.24) is 10.2 Å². The molecule has 2 heterocycles. The lowest BCUT2D eigenvalue weighted by molar-refractivity contribution is -0.131. The summed E-state index contributed by atoms with van der Waals surface area (Å²) in [5.41, 5.74) is 5.27. The molecule has 19 heavy (non-hydrogen) atoms. The topological polar surface area (TPSA) is 58.4 Å². The summed E-state index contributed by atoms with van der Waals surface area (Å²) >= 11 is 5.12. The van der Waals surface area contributed by atoms with E-state index < -0.39 is 5.41 Å². The van der Waals surface area contributed by atoms with Gasteiger partial charge in [-0.15, -0.1) is 0 Å². The number of fused-ring (bicyclic) bond motifs is 1. The Balaban J connectivity index is 1.65. The lowest BCUT2D eigenvalue weighted by Crippen LogP contribution is -2.57. The van der Waals surface area contributed by atoms with Gasteiger partial charge in [-0.3, -0.25) is 9.69 Å². The van der Waals surface area contributed by atoms with Crippen molar-refractivity contribution < 1.29 is 4.79 Å². The van der Waals surface area contributed by atoms with Crippen molar-refractivity contribution >= 4 is 23.1 Å². The zero-order valence-corrected chi connectivity index (χ0v) is 12.2. The van der Waals surface area contributed by atoms with Gasteiger partial charge in [-0.25, -0.2) is 0 Å². The number of hydrogen-bond acceptors (Lipinski definition) is 3. The quantitative estimate of drug-likeness (QED) is 0.763. The van der Waals surface area contributed by atoms with E-state index in [9.17, 15) is 4.79 Å². The molecule has 1 saturated carbocycles. The summed E-state index contributed by atoms with van der Waals surface area (Å²) in [6.45, 7) is 2.31. The van der Waals surface area contributed by atoms with E-state index in [1.54, 1.807) is 0 Å². The Morgan fingerprint density at radius 3 is 2.63 bits per heavy atom. The van der Waals surface area contributed by atoms with Crippen LogP contribution in [0.25, 0.3) is 0 Å². The van der Waals surface area contributed by atoms with Crippen LogP contribution in [0.5, 0.6) is 0 Å². The van der Waals surface area contributed by atoms with E-state index in [0.29, 0.717) is 17.1 Å².